The standard InChI is InChI=1S/C4H2ClS.BrH.Mg/c5-4-2-1-3-6-4;;/h1-2H;1H;/q-1;;+2/p-1. The summed E-state index contributed by atoms with van der Waals surface area (Å²) in [5.74, 6) is 0. The van der Waals surface area contributed by atoms with E-state index in [-0.39, 0.29) is 40.0 Å². The molecule has 1 rings (SSSR count). The number of hydrogen-bond donors (Lipinski definition) is 0. The minimum atomic E-state index is 0. The Bertz CT molecular complexity index is 120. The smallest absolute Gasteiger partial charge is 1.00 e. The predicted molar refractivity (Wildman–Crippen MR) is 33.9 cm³/mol. The molecule has 0 saturated heterocycles. The van der Waals surface area contributed by atoms with Crippen LogP contribution in [0, 0.1) is 5.38 Å². The maximum atomic E-state index is 5.44. The number of halogens is 2. The van der Waals surface area contributed by atoms with E-state index in [1.165, 1.54) is 11.3 Å². The Hall–Kier alpha value is 1.24. The van der Waals surface area contributed by atoms with Gasteiger partial charge in [-0.25, -0.2) is 0 Å². The van der Waals surface area contributed by atoms with Crippen molar-refractivity contribution in [2.75, 3.05) is 0 Å². The van der Waals surface area contributed by atoms with Crippen molar-refractivity contribution in [3.63, 3.8) is 0 Å². The van der Waals surface area contributed by atoms with Crippen LogP contribution in [0.4, 0.5) is 0 Å². The van der Waals surface area contributed by atoms with Crippen molar-refractivity contribution < 1.29 is 17.0 Å². The summed E-state index contributed by atoms with van der Waals surface area (Å²) in [7, 11) is 0. The zero-order valence-electron chi connectivity index (χ0n) is 4.03. The predicted octanol–water partition coefficient (Wildman–Crippen LogP) is -1.18. The maximum Gasteiger partial charge on any atom is 2.00 e. The summed E-state index contributed by atoms with van der Waals surface area (Å²) < 4.78 is 0.801. The third-order valence-corrected chi connectivity index (χ3v) is 1.38. The summed E-state index contributed by atoms with van der Waals surface area (Å²) in [4.78, 5) is 0. The average Bonchev–Trinajstić information content (AvgIpc) is 1.86. The average molecular weight is 222 g/mol. The van der Waals surface area contributed by atoms with Gasteiger partial charge in [-0.15, -0.1) is 5.38 Å². The van der Waals surface area contributed by atoms with Gasteiger partial charge in [0.25, 0.3) is 0 Å². The molecule has 0 bridgehead atoms. The van der Waals surface area contributed by atoms with E-state index in [2.05, 4.69) is 5.38 Å². The van der Waals surface area contributed by atoms with Crippen LogP contribution >= 0.6 is 22.9 Å². The SMILES string of the molecule is Clc1cc[c-]s1.[Br-].[Mg+2]. The van der Waals surface area contributed by atoms with Gasteiger partial charge in [-0.2, -0.15) is 23.7 Å². The van der Waals surface area contributed by atoms with Crippen molar-refractivity contribution in [2.24, 2.45) is 0 Å². The van der Waals surface area contributed by atoms with Gasteiger partial charge >= 0.3 is 23.1 Å². The summed E-state index contributed by atoms with van der Waals surface area (Å²) in [6, 6.07) is 3.61. The molecule has 1 aromatic rings. The maximum absolute atomic E-state index is 5.44. The van der Waals surface area contributed by atoms with E-state index >= 15 is 0 Å². The molecule has 0 aliphatic carbocycles. The molecule has 0 radical (unpaired) electrons. The first-order valence-corrected chi connectivity index (χ1v) is 2.70. The van der Waals surface area contributed by atoms with Crippen molar-refractivity contribution in [3.05, 3.63) is 21.8 Å². The molecule has 8 heavy (non-hydrogen) atoms. The molecule has 1 heterocycles. The molecule has 0 saturated carbocycles. The monoisotopic (exact) mass is 220 g/mol. The van der Waals surface area contributed by atoms with Crippen LogP contribution in [0.5, 0.6) is 0 Å². The van der Waals surface area contributed by atoms with Crippen molar-refractivity contribution >= 4 is 46.0 Å². The van der Waals surface area contributed by atoms with E-state index in [0.717, 1.165) is 4.34 Å². The molecule has 0 amide bonds. The Balaban J connectivity index is 0. The van der Waals surface area contributed by atoms with Crippen molar-refractivity contribution in [1.29, 1.82) is 0 Å². The molecule has 0 aromatic carbocycles. The molecule has 1 aromatic heterocycles. The normalized spacial score (nSPS) is 6.62. The van der Waals surface area contributed by atoms with Gasteiger partial charge in [0.2, 0.25) is 0 Å². The third-order valence-electron chi connectivity index (χ3n) is 0.439. The van der Waals surface area contributed by atoms with Gasteiger partial charge in [-0.1, -0.05) is 4.34 Å². The zero-order valence-corrected chi connectivity index (χ0v) is 8.60. The first kappa shape index (κ1) is 12.0. The summed E-state index contributed by atoms with van der Waals surface area (Å²) in [5, 5.41) is 2.84. The van der Waals surface area contributed by atoms with Gasteiger partial charge in [0.05, 0.1) is 0 Å². The topological polar surface area (TPSA) is 0 Å². The van der Waals surface area contributed by atoms with Gasteiger partial charge in [0, 0.05) is 0 Å². The Morgan fingerprint density at radius 1 is 1.62 bits per heavy atom. The minimum Gasteiger partial charge on any atom is -1.00 e. The summed E-state index contributed by atoms with van der Waals surface area (Å²) in [5.41, 5.74) is 0. The zero-order chi connectivity index (χ0) is 4.41. The van der Waals surface area contributed by atoms with Gasteiger partial charge in [-0.05, 0) is 0 Å². The number of hydrogen-bond acceptors (Lipinski definition) is 1. The van der Waals surface area contributed by atoms with Crippen LogP contribution in [-0.4, -0.2) is 23.1 Å². The van der Waals surface area contributed by atoms with Crippen LogP contribution < -0.4 is 17.0 Å². The van der Waals surface area contributed by atoms with E-state index in [4.69, 9.17) is 11.6 Å². The summed E-state index contributed by atoms with van der Waals surface area (Å²) >= 11 is 6.86. The van der Waals surface area contributed by atoms with Gasteiger partial charge < -0.3 is 17.0 Å². The van der Waals surface area contributed by atoms with Crippen LogP contribution in [-0.2, 0) is 0 Å². The van der Waals surface area contributed by atoms with Gasteiger partial charge in [0.15, 0.2) is 0 Å². The van der Waals surface area contributed by atoms with Crippen LogP contribution in [0.25, 0.3) is 0 Å². The summed E-state index contributed by atoms with van der Waals surface area (Å²) in [6.45, 7) is 0. The number of thiophene rings is 1. The molecule has 0 fully saturated rings. The second kappa shape index (κ2) is 6.36. The van der Waals surface area contributed by atoms with E-state index in [1.807, 2.05) is 6.07 Å². The molecule has 4 heteroatoms. The van der Waals surface area contributed by atoms with E-state index in [0.29, 0.717) is 0 Å². The summed E-state index contributed by atoms with van der Waals surface area (Å²) in [6.07, 6.45) is 0. The molecular weight excluding hydrogens is 220 g/mol. The molecule has 0 atom stereocenters. The fourth-order valence-corrected chi connectivity index (χ4v) is 0.805. The number of rotatable bonds is 0. The Morgan fingerprint density at radius 3 is 2.38 bits per heavy atom. The van der Waals surface area contributed by atoms with E-state index in [1.54, 1.807) is 6.07 Å². The molecule has 0 nitrogen and oxygen atoms in total. The van der Waals surface area contributed by atoms with Crippen molar-refractivity contribution in [2.45, 2.75) is 0 Å². The van der Waals surface area contributed by atoms with Crippen molar-refractivity contribution in [1.82, 2.24) is 0 Å². The molecule has 0 aliphatic rings. The van der Waals surface area contributed by atoms with Crippen LogP contribution in [0.3, 0.4) is 0 Å². The van der Waals surface area contributed by atoms with Crippen LogP contribution in [0.1, 0.15) is 0 Å². The Labute approximate surface area is 84.2 Å². The molecule has 0 spiro atoms. The quantitative estimate of drug-likeness (QED) is 0.383. The second-order valence-corrected chi connectivity index (χ2v) is 2.37. The second-order valence-electron chi connectivity index (χ2n) is 0.857. The van der Waals surface area contributed by atoms with Gasteiger partial charge in [-0.3, -0.25) is 11.3 Å². The fourth-order valence-electron chi connectivity index (χ4n) is 0.224. The fraction of sp³-hybridized carbons (Fsp3) is 0. The van der Waals surface area contributed by atoms with Crippen LogP contribution in [0.2, 0.25) is 4.34 Å². The van der Waals surface area contributed by atoms with Crippen LogP contribution in [0.15, 0.2) is 12.1 Å². The Morgan fingerprint density at radius 2 is 2.25 bits per heavy atom. The minimum absolute atomic E-state index is 0. The Kier molecular flexibility index (Phi) is 9.51. The van der Waals surface area contributed by atoms with E-state index < -0.39 is 0 Å². The largest absolute Gasteiger partial charge is 2.00 e. The van der Waals surface area contributed by atoms with Crippen molar-refractivity contribution in [3.8, 4) is 0 Å². The molecule has 0 aliphatic heterocycles. The van der Waals surface area contributed by atoms with Gasteiger partial charge in [0.1, 0.15) is 0 Å². The molecule has 0 unspecified atom stereocenters. The first-order valence-electron chi connectivity index (χ1n) is 1.51. The van der Waals surface area contributed by atoms with E-state index in [9.17, 15) is 0 Å². The third kappa shape index (κ3) is 4.15. The first-order chi connectivity index (χ1) is 2.89. The molecular formula is C4H2BrClMgS. The molecule has 0 N–H and O–H groups in total. The molecule has 40 valence electrons.